The molecule has 0 aliphatic rings. The van der Waals surface area contributed by atoms with E-state index >= 15 is 0 Å². The number of nitrogens with two attached hydrogens (primary N) is 1. The second-order valence-electron chi connectivity index (χ2n) is 9.38. The van der Waals surface area contributed by atoms with Crippen molar-refractivity contribution in [2.24, 2.45) is 5.73 Å². The largest absolute Gasteiger partial charge is 0.337 e. The van der Waals surface area contributed by atoms with Crippen LogP contribution in [-0.4, -0.2) is 23.4 Å². The molecule has 0 fully saturated rings. The molecule has 5 heteroatoms. The van der Waals surface area contributed by atoms with Gasteiger partial charge < -0.3 is 10.6 Å². The number of benzene rings is 4. The van der Waals surface area contributed by atoms with Crippen LogP contribution in [0.2, 0.25) is 0 Å². The van der Waals surface area contributed by atoms with Crippen LogP contribution < -0.4 is 11.2 Å². The zero-order valence-electron chi connectivity index (χ0n) is 22.1. The van der Waals surface area contributed by atoms with Crippen molar-refractivity contribution < 1.29 is 9.63 Å². The first kappa shape index (κ1) is 27.3. The molecule has 1 atom stereocenters. The highest BCUT2D eigenvalue weighted by molar-refractivity contribution is 5.81. The number of hydrogen-bond donors (Lipinski definition) is 2. The average Bonchev–Trinajstić information content (AvgIpc) is 2.98. The topological polar surface area (TPSA) is 67.6 Å². The van der Waals surface area contributed by atoms with Crippen LogP contribution in [-0.2, 0) is 35.7 Å². The van der Waals surface area contributed by atoms with E-state index in [1.54, 1.807) is 0 Å². The molecule has 4 rings (SSSR count). The van der Waals surface area contributed by atoms with Gasteiger partial charge in [0.25, 0.3) is 0 Å². The van der Waals surface area contributed by atoms with Gasteiger partial charge in [-0.05, 0) is 53.1 Å². The fraction of sp³-hybridized carbons (Fsp3) is 0.242. The molecular formula is C33H37N3O2. The molecule has 0 saturated carbocycles. The lowest BCUT2D eigenvalue weighted by molar-refractivity contribution is -0.139. The molecule has 0 saturated heterocycles. The summed E-state index contributed by atoms with van der Waals surface area (Å²) in [6.07, 6.45) is 1.43. The average molecular weight is 508 g/mol. The van der Waals surface area contributed by atoms with Gasteiger partial charge >= 0.3 is 0 Å². The van der Waals surface area contributed by atoms with Gasteiger partial charge in [-0.3, -0.25) is 9.63 Å². The minimum Gasteiger partial charge on any atom is -0.337 e. The van der Waals surface area contributed by atoms with Gasteiger partial charge in [-0.25, -0.2) is 0 Å². The molecule has 0 bridgehead atoms. The lowest BCUT2D eigenvalue weighted by Crippen LogP contribution is -2.46. The summed E-state index contributed by atoms with van der Waals surface area (Å²) < 4.78 is 0. The van der Waals surface area contributed by atoms with Gasteiger partial charge in [-0.1, -0.05) is 109 Å². The molecule has 0 heterocycles. The number of likely N-dealkylation sites (N-methyl/N-ethyl adjacent to an activating group) is 1. The summed E-state index contributed by atoms with van der Waals surface area (Å²) in [6.45, 7) is 4.06. The molecule has 0 aliphatic carbocycles. The number of nitrogens with one attached hydrogen (secondary N) is 1. The fourth-order valence-corrected chi connectivity index (χ4v) is 4.54. The Bertz CT molecular complexity index is 1260. The van der Waals surface area contributed by atoms with Crippen LogP contribution >= 0.6 is 0 Å². The highest BCUT2D eigenvalue weighted by Gasteiger charge is 2.24. The predicted octanol–water partition coefficient (Wildman–Crippen LogP) is 5.88. The van der Waals surface area contributed by atoms with E-state index in [1.807, 2.05) is 72.5 Å². The van der Waals surface area contributed by atoms with Gasteiger partial charge in [0.1, 0.15) is 6.04 Å². The van der Waals surface area contributed by atoms with Gasteiger partial charge in [-0.15, -0.1) is 0 Å². The summed E-state index contributed by atoms with van der Waals surface area (Å²) in [4.78, 5) is 21.4. The summed E-state index contributed by atoms with van der Waals surface area (Å²) >= 11 is 0. The molecule has 0 aromatic heterocycles. The van der Waals surface area contributed by atoms with Gasteiger partial charge in [-0.2, -0.15) is 5.48 Å². The Labute approximate surface area is 226 Å². The number of hydrogen-bond acceptors (Lipinski definition) is 4. The molecule has 1 amide bonds. The molecule has 0 spiro atoms. The Kier molecular flexibility index (Phi) is 10.2. The van der Waals surface area contributed by atoms with Crippen molar-refractivity contribution in [3.8, 4) is 11.1 Å². The van der Waals surface area contributed by atoms with Gasteiger partial charge in [0.2, 0.25) is 5.91 Å². The summed E-state index contributed by atoms with van der Waals surface area (Å²) in [6, 6.07) is 36.4. The summed E-state index contributed by atoms with van der Waals surface area (Å²) in [5, 5.41) is 0. The molecule has 0 radical (unpaired) electrons. The van der Waals surface area contributed by atoms with Gasteiger partial charge in [0.05, 0.1) is 6.61 Å². The number of hydroxylamine groups is 1. The quantitative estimate of drug-likeness (QED) is 0.222. The number of carbonyl (C=O) groups excluding carboxylic acids is 1. The first-order valence-electron chi connectivity index (χ1n) is 13.3. The summed E-state index contributed by atoms with van der Waals surface area (Å²) in [5.41, 5.74) is 15.7. The number of rotatable bonds is 13. The van der Waals surface area contributed by atoms with E-state index in [1.165, 1.54) is 5.56 Å². The van der Waals surface area contributed by atoms with Crippen molar-refractivity contribution in [2.45, 2.75) is 45.5 Å². The third-order valence-corrected chi connectivity index (χ3v) is 6.74. The highest BCUT2D eigenvalue weighted by Crippen LogP contribution is 2.24. The number of nitrogens with zero attached hydrogens (tertiary/aromatic N) is 1. The third kappa shape index (κ3) is 7.62. The van der Waals surface area contributed by atoms with E-state index in [2.05, 4.69) is 54.0 Å². The monoisotopic (exact) mass is 507 g/mol. The minimum absolute atomic E-state index is 0.0362. The lowest BCUT2D eigenvalue weighted by atomic mass is 9.98. The summed E-state index contributed by atoms with van der Waals surface area (Å²) in [7, 11) is 0. The van der Waals surface area contributed by atoms with E-state index in [0.29, 0.717) is 32.7 Å². The molecule has 3 N–H and O–H groups in total. The smallest absolute Gasteiger partial charge is 0.242 e. The normalized spacial score (nSPS) is 11.7. The summed E-state index contributed by atoms with van der Waals surface area (Å²) in [5.74, 6) is 0.0362. The standard InChI is InChI=1S/C33H37N3O2/c1-2-36(24-27-17-20-29(21-18-27)31-16-10-9-15-30(31)23-34)33(37)32(22-19-26-11-5-3-6-12-26)35-38-25-28-13-7-4-8-14-28/h3-18,20-21,32,35H,2,19,22-25,34H2,1H3/t32-/m1/s1. The molecule has 4 aromatic carbocycles. The Morgan fingerprint density at radius 1 is 0.816 bits per heavy atom. The number of carbonyl (C=O) groups is 1. The Balaban J connectivity index is 1.43. The SMILES string of the molecule is CCN(Cc1ccc(-c2ccccc2CN)cc1)C(=O)[C@@H](CCc1ccccc1)NOCc1ccccc1. The van der Waals surface area contributed by atoms with Gasteiger partial charge in [0, 0.05) is 19.6 Å². The van der Waals surface area contributed by atoms with E-state index in [-0.39, 0.29) is 5.91 Å². The number of aryl methyl sites for hydroxylation is 1. The van der Waals surface area contributed by atoms with E-state index < -0.39 is 6.04 Å². The van der Waals surface area contributed by atoms with E-state index in [0.717, 1.165) is 34.2 Å². The van der Waals surface area contributed by atoms with Crippen LogP contribution in [0.3, 0.4) is 0 Å². The minimum atomic E-state index is -0.449. The van der Waals surface area contributed by atoms with Crippen molar-refractivity contribution in [1.82, 2.24) is 10.4 Å². The highest BCUT2D eigenvalue weighted by atomic mass is 16.6. The van der Waals surface area contributed by atoms with Crippen LogP contribution in [0.15, 0.2) is 109 Å². The molecule has 5 nitrogen and oxygen atoms in total. The third-order valence-electron chi connectivity index (χ3n) is 6.74. The molecular weight excluding hydrogens is 470 g/mol. The molecule has 38 heavy (non-hydrogen) atoms. The van der Waals surface area contributed by atoms with Crippen molar-refractivity contribution in [2.75, 3.05) is 6.54 Å². The van der Waals surface area contributed by atoms with Crippen LogP contribution in [0.25, 0.3) is 11.1 Å². The van der Waals surface area contributed by atoms with E-state index in [4.69, 9.17) is 10.6 Å². The molecule has 0 unspecified atom stereocenters. The Hall–Kier alpha value is -3.77. The predicted molar refractivity (Wildman–Crippen MR) is 154 cm³/mol. The second-order valence-corrected chi connectivity index (χ2v) is 9.38. The van der Waals surface area contributed by atoms with Crippen LogP contribution in [0, 0.1) is 0 Å². The maximum Gasteiger partial charge on any atom is 0.242 e. The lowest BCUT2D eigenvalue weighted by Gasteiger charge is -2.27. The van der Waals surface area contributed by atoms with Crippen molar-refractivity contribution in [3.63, 3.8) is 0 Å². The van der Waals surface area contributed by atoms with Crippen molar-refractivity contribution >= 4 is 5.91 Å². The first-order valence-corrected chi connectivity index (χ1v) is 13.3. The molecule has 0 aliphatic heterocycles. The zero-order chi connectivity index (χ0) is 26.6. The van der Waals surface area contributed by atoms with Crippen molar-refractivity contribution in [3.05, 3.63) is 131 Å². The second kappa shape index (κ2) is 14.2. The van der Waals surface area contributed by atoms with Crippen LogP contribution in [0.1, 0.15) is 35.6 Å². The molecule has 196 valence electrons. The fourth-order valence-electron chi connectivity index (χ4n) is 4.54. The van der Waals surface area contributed by atoms with Crippen LogP contribution in [0.5, 0.6) is 0 Å². The van der Waals surface area contributed by atoms with Crippen molar-refractivity contribution in [1.29, 1.82) is 0 Å². The van der Waals surface area contributed by atoms with Gasteiger partial charge in [0.15, 0.2) is 0 Å². The van der Waals surface area contributed by atoms with E-state index in [9.17, 15) is 4.79 Å². The van der Waals surface area contributed by atoms with Crippen LogP contribution in [0.4, 0.5) is 0 Å². The zero-order valence-corrected chi connectivity index (χ0v) is 22.1. The maximum absolute atomic E-state index is 13.7. The Morgan fingerprint density at radius 2 is 1.45 bits per heavy atom. The number of amides is 1. The Morgan fingerprint density at radius 3 is 2.11 bits per heavy atom. The first-order chi connectivity index (χ1) is 18.7. The maximum atomic E-state index is 13.7. The molecule has 4 aromatic rings.